The van der Waals surface area contributed by atoms with E-state index in [1.54, 1.807) is 0 Å². The van der Waals surface area contributed by atoms with E-state index >= 15 is 0 Å². The van der Waals surface area contributed by atoms with Crippen molar-refractivity contribution in [3.8, 4) is 11.3 Å². The fourth-order valence-corrected chi connectivity index (χ4v) is 2.96. The molecule has 2 aliphatic rings. The third-order valence-corrected chi connectivity index (χ3v) is 3.96. The van der Waals surface area contributed by atoms with Gasteiger partial charge in [-0.3, -0.25) is 0 Å². The molecule has 0 aromatic heterocycles. The SMILES string of the molecule is Cn1cc2nc3cc(C(F)(F)F)ccc3c-2c2ccccc21. The number of fused-ring (bicyclic) bond motifs is 5. The predicted octanol–water partition coefficient (Wildman–Crippen LogP) is 4.85. The molecule has 4 rings (SSSR count). The van der Waals surface area contributed by atoms with Gasteiger partial charge >= 0.3 is 6.18 Å². The van der Waals surface area contributed by atoms with Gasteiger partial charge in [0.1, 0.15) is 0 Å². The molecule has 0 N–H and O–H groups in total. The lowest BCUT2D eigenvalue weighted by Crippen LogP contribution is -2.03. The number of benzene rings is 2. The summed E-state index contributed by atoms with van der Waals surface area (Å²) in [5.41, 5.74) is 2.33. The molecule has 2 aromatic rings. The lowest BCUT2D eigenvalue weighted by Gasteiger charge is -2.10. The number of nitrogens with zero attached hydrogens (tertiary/aromatic N) is 2. The van der Waals surface area contributed by atoms with Crippen molar-refractivity contribution in [2.45, 2.75) is 6.18 Å². The maximum atomic E-state index is 12.9. The monoisotopic (exact) mass is 300 g/mol. The molecular formula is C17H11F3N2. The van der Waals surface area contributed by atoms with Crippen molar-refractivity contribution in [3.63, 3.8) is 0 Å². The number of aromatic nitrogens is 2. The third-order valence-electron chi connectivity index (χ3n) is 3.96. The topological polar surface area (TPSA) is 17.8 Å². The Balaban J connectivity index is 2.14. The van der Waals surface area contributed by atoms with Crippen molar-refractivity contribution >= 4 is 21.8 Å². The van der Waals surface area contributed by atoms with Crippen molar-refractivity contribution in [2.75, 3.05) is 0 Å². The molecule has 2 nitrogen and oxygen atoms in total. The fraction of sp³-hybridized carbons (Fsp3) is 0.118. The van der Waals surface area contributed by atoms with Gasteiger partial charge in [-0.05, 0) is 18.2 Å². The molecule has 0 amide bonds. The summed E-state index contributed by atoms with van der Waals surface area (Å²) in [5.74, 6) is 0. The summed E-state index contributed by atoms with van der Waals surface area (Å²) in [6.45, 7) is 0. The van der Waals surface area contributed by atoms with E-state index < -0.39 is 11.7 Å². The van der Waals surface area contributed by atoms with Gasteiger partial charge < -0.3 is 4.57 Å². The number of para-hydroxylation sites is 1. The van der Waals surface area contributed by atoms with E-state index in [4.69, 9.17) is 0 Å². The molecule has 0 bridgehead atoms. The Morgan fingerprint density at radius 2 is 1.77 bits per heavy atom. The summed E-state index contributed by atoms with van der Waals surface area (Å²) in [7, 11) is 1.91. The van der Waals surface area contributed by atoms with Crippen LogP contribution in [0.1, 0.15) is 5.56 Å². The van der Waals surface area contributed by atoms with Crippen LogP contribution in [-0.4, -0.2) is 9.55 Å². The number of hydrogen-bond donors (Lipinski definition) is 0. The molecule has 0 spiro atoms. The summed E-state index contributed by atoms with van der Waals surface area (Å²) in [6.07, 6.45) is -2.50. The minimum absolute atomic E-state index is 0.376. The van der Waals surface area contributed by atoms with E-state index in [9.17, 15) is 13.2 Å². The Labute approximate surface area is 124 Å². The second kappa shape index (κ2) is 4.22. The van der Waals surface area contributed by atoms with Crippen LogP contribution in [0.25, 0.3) is 33.1 Å². The molecule has 0 fully saturated rings. The molecule has 0 aliphatic carbocycles. The van der Waals surface area contributed by atoms with Crippen LogP contribution in [0.3, 0.4) is 0 Å². The summed E-state index contributed by atoms with van der Waals surface area (Å²) < 4.78 is 40.5. The van der Waals surface area contributed by atoms with Crippen molar-refractivity contribution < 1.29 is 13.2 Å². The van der Waals surface area contributed by atoms with Gasteiger partial charge in [0.05, 0.1) is 16.8 Å². The number of hydrogen-bond acceptors (Lipinski definition) is 1. The Kier molecular flexibility index (Phi) is 2.52. The Bertz CT molecular complexity index is 983. The maximum Gasteiger partial charge on any atom is 0.416 e. The van der Waals surface area contributed by atoms with Crippen molar-refractivity contribution in [3.05, 3.63) is 54.2 Å². The molecule has 2 aromatic carbocycles. The molecule has 22 heavy (non-hydrogen) atoms. The predicted molar refractivity (Wildman–Crippen MR) is 79.8 cm³/mol. The standard InChI is InChI=1S/C17H11F3N2/c1-22-9-14-16(12-4-2-3-5-15(12)22)11-7-6-10(17(18,19)20)8-13(11)21-14/h2-9H,1H3. The lowest BCUT2D eigenvalue weighted by molar-refractivity contribution is -0.137. The molecule has 0 radical (unpaired) electrons. The number of halogens is 3. The quantitative estimate of drug-likeness (QED) is 0.454. The lowest BCUT2D eigenvalue weighted by atomic mass is 10.0. The van der Waals surface area contributed by atoms with Crippen LogP contribution in [0, 0.1) is 0 Å². The zero-order valence-corrected chi connectivity index (χ0v) is 11.6. The van der Waals surface area contributed by atoms with Gasteiger partial charge in [-0.2, -0.15) is 13.2 Å². The van der Waals surface area contributed by atoms with E-state index in [2.05, 4.69) is 4.98 Å². The van der Waals surface area contributed by atoms with Crippen LogP contribution >= 0.6 is 0 Å². The molecule has 2 aliphatic heterocycles. The van der Waals surface area contributed by atoms with Gasteiger partial charge in [-0.1, -0.05) is 24.3 Å². The molecule has 0 saturated carbocycles. The first-order valence-electron chi connectivity index (χ1n) is 6.80. The summed E-state index contributed by atoms with van der Waals surface area (Å²) in [4.78, 5) is 4.38. The second-order valence-electron chi connectivity index (χ2n) is 5.36. The highest BCUT2D eigenvalue weighted by Crippen LogP contribution is 2.39. The first-order chi connectivity index (χ1) is 10.4. The van der Waals surface area contributed by atoms with Crippen molar-refractivity contribution in [1.29, 1.82) is 0 Å². The number of aryl methyl sites for hydroxylation is 1. The van der Waals surface area contributed by atoms with Gasteiger partial charge in [0.25, 0.3) is 0 Å². The van der Waals surface area contributed by atoms with E-state index in [-0.39, 0.29) is 0 Å². The van der Waals surface area contributed by atoms with Gasteiger partial charge in [0, 0.05) is 35.1 Å². The largest absolute Gasteiger partial charge is 0.416 e. The maximum absolute atomic E-state index is 12.9. The highest BCUT2D eigenvalue weighted by molar-refractivity contribution is 6.09. The molecule has 5 heteroatoms. The highest BCUT2D eigenvalue weighted by Gasteiger charge is 2.31. The molecule has 0 saturated heterocycles. The molecule has 2 heterocycles. The zero-order chi connectivity index (χ0) is 15.5. The smallest absolute Gasteiger partial charge is 0.348 e. The van der Waals surface area contributed by atoms with Crippen molar-refractivity contribution in [1.82, 2.24) is 9.55 Å². The molecular weight excluding hydrogens is 289 g/mol. The van der Waals surface area contributed by atoms with Gasteiger partial charge in [0.2, 0.25) is 0 Å². The first kappa shape index (κ1) is 13.1. The molecule has 0 atom stereocenters. The van der Waals surface area contributed by atoms with Gasteiger partial charge in [-0.25, -0.2) is 4.98 Å². The first-order valence-corrected chi connectivity index (χ1v) is 6.80. The second-order valence-corrected chi connectivity index (χ2v) is 5.36. The average Bonchev–Trinajstić information content (AvgIpc) is 2.83. The summed E-state index contributed by atoms with van der Waals surface area (Å²) in [5, 5.41) is 1.74. The number of rotatable bonds is 0. The van der Waals surface area contributed by atoms with Crippen LogP contribution in [0.2, 0.25) is 0 Å². The van der Waals surface area contributed by atoms with E-state index in [0.29, 0.717) is 11.2 Å². The van der Waals surface area contributed by atoms with Crippen LogP contribution in [0.4, 0.5) is 13.2 Å². The zero-order valence-electron chi connectivity index (χ0n) is 11.6. The third kappa shape index (κ3) is 1.78. The highest BCUT2D eigenvalue weighted by atomic mass is 19.4. The van der Waals surface area contributed by atoms with Crippen LogP contribution in [-0.2, 0) is 13.2 Å². The van der Waals surface area contributed by atoms with Crippen LogP contribution < -0.4 is 0 Å². The summed E-state index contributed by atoms with van der Waals surface area (Å²) >= 11 is 0. The Hall–Kier alpha value is -2.56. The number of pyridine rings is 1. The van der Waals surface area contributed by atoms with Crippen molar-refractivity contribution in [2.24, 2.45) is 7.05 Å². The normalized spacial score (nSPS) is 12.5. The molecule has 110 valence electrons. The van der Waals surface area contributed by atoms with E-state index in [1.807, 2.05) is 42.1 Å². The Morgan fingerprint density at radius 1 is 1.00 bits per heavy atom. The van der Waals surface area contributed by atoms with E-state index in [0.717, 1.165) is 34.0 Å². The minimum Gasteiger partial charge on any atom is -0.348 e. The average molecular weight is 300 g/mol. The number of alkyl halides is 3. The summed E-state index contributed by atoms with van der Waals surface area (Å²) in [6, 6.07) is 11.6. The van der Waals surface area contributed by atoms with Crippen LogP contribution in [0.5, 0.6) is 0 Å². The minimum atomic E-state index is -4.36. The van der Waals surface area contributed by atoms with Gasteiger partial charge in [-0.15, -0.1) is 0 Å². The fourth-order valence-electron chi connectivity index (χ4n) is 2.96. The van der Waals surface area contributed by atoms with Crippen LogP contribution in [0.15, 0.2) is 48.7 Å². The van der Waals surface area contributed by atoms with Gasteiger partial charge in [0.15, 0.2) is 0 Å². The molecule has 0 unspecified atom stereocenters. The van der Waals surface area contributed by atoms with E-state index in [1.165, 1.54) is 6.07 Å². The Morgan fingerprint density at radius 3 is 2.55 bits per heavy atom.